The number of alkyl halides is 3. The lowest BCUT2D eigenvalue weighted by molar-refractivity contribution is -0.137. The van der Waals surface area contributed by atoms with Gasteiger partial charge in [0, 0.05) is 6.20 Å². The van der Waals surface area contributed by atoms with Crippen LogP contribution in [0.25, 0.3) is 0 Å². The van der Waals surface area contributed by atoms with Crippen LogP contribution in [0.2, 0.25) is 5.02 Å². The van der Waals surface area contributed by atoms with Crippen molar-refractivity contribution in [3.05, 3.63) is 52.3 Å². The average Bonchev–Trinajstić information content (AvgIpc) is 2.41. The van der Waals surface area contributed by atoms with Gasteiger partial charge < -0.3 is 0 Å². The normalized spacial score (nSPS) is 12.3. The van der Waals surface area contributed by atoms with Crippen molar-refractivity contribution in [1.29, 1.82) is 0 Å². The Kier molecular flexibility index (Phi) is 4.59. The summed E-state index contributed by atoms with van der Waals surface area (Å²) in [6.07, 6.45) is -3.19. The molecule has 1 aromatic carbocycles. The molecule has 0 atom stereocenters. The number of nitrogens with one attached hydrogen (secondary N) is 1. The molecular weight excluding hydrogens is 353 g/mol. The van der Waals surface area contributed by atoms with Crippen molar-refractivity contribution in [2.24, 2.45) is 0 Å². The van der Waals surface area contributed by atoms with Crippen LogP contribution in [-0.4, -0.2) is 13.4 Å². The molecule has 4 nitrogen and oxygen atoms in total. The van der Waals surface area contributed by atoms with Crippen molar-refractivity contribution in [1.82, 2.24) is 4.98 Å². The van der Waals surface area contributed by atoms with Gasteiger partial charge in [-0.2, -0.15) is 13.2 Å². The summed E-state index contributed by atoms with van der Waals surface area (Å²) in [5.74, 6) is 0. The molecular formula is C14H12ClF3N2O2S. The standard InChI is InChI=1S/C14H12ClF3N2O2S/c1-8-5-13(9(2)19-7-8)20-23(21,22)10-3-4-12(15)11(6-10)14(16,17)18/h3-7,20H,1-2H3. The van der Waals surface area contributed by atoms with Crippen LogP contribution in [0.5, 0.6) is 0 Å². The third-order valence-electron chi connectivity index (χ3n) is 3.02. The zero-order valence-electron chi connectivity index (χ0n) is 12.1. The Hall–Kier alpha value is -1.80. The first kappa shape index (κ1) is 17.6. The first-order chi connectivity index (χ1) is 10.5. The van der Waals surface area contributed by atoms with Crippen LogP contribution in [0.1, 0.15) is 16.8 Å². The quantitative estimate of drug-likeness (QED) is 0.889. The molecule has 0 aliphatic carbocycles. The van der Waals surface area contributed by atoms with Crippen molar-refractivity contribution in [2.45, 2.75) is 24.9 Å². The minimum atomic E-state index is -4.75. The fraction of sp³-hybridized carbons (Fsp3) is 0.214. The Labute approximate surface area is 136 Å². The number of benzene rings is 1. The monoisotopic (exact) mass is 364 g/mol. The van der Waals surface area contributed by atoms with E-state index in [9.17, 15) is 21.6 Å². The summed E-state index contributed by atoms with van der Waals surface area (Å²) >= 11 is 5.49. The number of aryl methyl sites for hydroxylation is 2. The maximum atomic E-state index is 12.9. The van der Waals surface area contributed by atoms with E-state index in [-0.39, 0.29) is 5.69 Å². The number of anilines is 1. The molecule has 1 aromatic heterocycles. The number of pyridine rings is 1. The zero-order valence-corrected chi connectivity index (χ0v) is 13.6. The summed E-state index contributed by atoms with van der Waals surface area (Å²) in [5, 5.41) is -0.565. The van der Waals surface area contributed by atoms with E-state index in [1.807, 2.05) is 0 Å². The van der Waals surface area contributed by atoms with Gasteiger partial charge in [0.2, 0.25) is 0 Å². The summed E-state index contributed by atoms with van der Waals surface area (Å²) < 4.78 is 65.4. The number of sulfonamides is 1. The maximum Gasteiger partial charge on any atom is 0.417 e. The van der Waals surface area contributed by atoms with Crippen molar-refractivity contribution in [3.63, 3.8) is 0 Å². The fourth-order valence-corrected chi connectivity index (χ4v) is 3.19. The Morgan fingerprint density at radius 3 is 2.43 bits per heavy atom. The highest BCUT2D eigenvalue weighted by molar-refractivity contribution is 7.92. The third kappa shape index (κ3) is 3.94. The molecule has 0 saturated heterocycles. The number of hydrogen-bond acceptors (Lipinski definition) is 3. The number of rotatable bonds is 3. The molecule has 0 aliphatic heterocycles. The summed E-state index contributed by atoms with van der Waals surface area (Å²) in [5.41, 5.74) is 0.110. The second-order valence-corrected chi connectivity index (χ2v) is 6.98. The molecule has 0 aliphatic rings. The van der Waals surface area contributed by atoms with E-state index in [1.165, 1.54) is 0 Å². The number of hydrogen-bond donors (Lipinski definition) is 1. The highest BCUT2D eigenvalue weighted by Crippen LogP contribution is 2.36. The van der Waals surface area contributed by atoms with E-state index < -0.39 is 31.7 Å². The minimum absolute atomic E-state index is 0.202. The second kappa shape index (κ2) is 6.01. The molecule has 2 rings (SSSR count). The lowest BCUT2D eigenvalue weighted by atomic mass is 10.2. The largest absolute Gasteiger partial charge is 0.417 e. The molecule has 0 unspecified atom stereocenters. The van der Waals surface area contributed by atoms with E-state index in [0.717, 1.165) is 12.1 Å². The third-order valence-corrected chi connectivity index (χ3v) is 4.71. The van der Waals surface area contributed by atoms with Crippen LogP contribution in [0.4, 0.5) is 18.9 Å². The molecule has 1 heterocycles. The average molecular weight is 365 g/mol. The number of halogens is 4. The van der Waals surface area contributed by atoms with Gasteiger partial charge in [0.1, 0.15) is 0 Å². The van der Waals surface area contributed by atoms with E-state index in [1.54, 1.807) is 26.1 Å². The highest BCUT2D eigenvalue weighted by atomic mass is 35.5. The van der Waals surface area contributed by atoms with Crippen LogP contribution in [0, 0.1) is 13.8 Å². The Morgan fingerprint density at radius 1 is 1.17 bits per heavy atom. The molecule has 9 heteroatoms. The molecule has 0 spiro atoms. The van der Waals surface area contributed by atoms with E-state index in [4.69, 9.17) is 11.6 Å². The van der Waals surface area contributed by atoms with Gasteiger partial charge in [-0.3, -0.25) is 9.71 Å². The van der Waals surface area contributed by atoms with Crippen molar-refractivity contribution in [3.8, 4) is 0 Å². The van der Waals surface area contributed by atoms with Gasteiger partial charge >= 0.3 is 6.18 Å². The van der Waals surface area contributed by atoms with Crippen molar-refractivity contribution >= 4 is 27.3 Å². The van der Waals surface area contributed by atoms with Crippen molar-refractivity contribution in [2.75, 3.05) is 4.72 Å². The van der Waals surface area contributed by atoms with Gasteiger partial charge in [-0.25, -0.2) is 8.42 Å². The Bertz CT molecular complexity index is 852. The molecule has 2 aromatic rings. The van der Waals surface area contributed by atoms with Gasteiger partial charge in [0.25, 0.3) is 10.0 Å². The van der Waals surface area contributed by atoms with E-state index >= 15 is 0 Å². The molecule has 0 radical (unpaired) electrons. The van der Waals surface area contributed by atoms with Gasteiger partial charge in [-0.15, -0.1) is 0 Å². The first-order valence-electron chi connectivity index (χ1n) is 6.33. The van der Waals surface area contributed by atoms with Crippen LogP contribution >= 0.6 is 11.6 Å². The second-order valence-electron chi connectivity index (χ2n) is 4.89. The van der Waals surface area contributed by atoms with E-state index in [0.29, 0.717) is 17.3 Å². The van der Waals surface area contributed by atoms with Crippen LogP contribution in [0.15, 0.2) is 35.4 Å². The van der Waals surface area contributed by atoms with Gasteiger partial charge in [0.15, 0.2) is 0 Å². The first-order valence-corrected chi connectivity index (χ1v) is 8.19. The summed E-state index contributed by atoms with van der Waals surface area (Å²) in [6.45, 7) is 3.30. The molecule has 1 N–H and O–H groups in total. The van der Waals surface area contributed by atoms with Crippen molar-refractivity contribution < 1.29 is 21.6 Å². The Morgan fingerprint density at radius 2 is 1.83 bits per heavy atom. The zero-order chi connectivity index (χ0) is 17.4. The fourth-order valence-electron chi connectivity index (χ4n) is 1.83. The molecule has 0 amide bonds. The lowest BCUT2D eigenvalue weighted by Gasteiger charge is -2.13. The maximum absolute atomic E-state index is 12.9. The lowest BCUT2D eigenvalue weighted by Crippen LogP contribution is -2.16. The Balaban J connectivity index is 2.46. The van der Waals surface area contributed by atoms with Gasteiger partial charge in [0.05, 0.1) is 26.9 Å². The van der Waals surface area contributed by atoms with Crippen LogP contribution in [0.3, 0.4) is 0 Å². The summed E-state index contributed by atoms with van der Waals surface area (Å²) in [7, 11) is -4.20. The smallest absolute Gasteiger partial charge is 0.278 e. The predicted octanol–water partition coefficient (Wildman–Crippen LogP) is 4.17. The minimum Gasteiger partial charge on any atom is -0.278 e. The number of nitrogens with zero attached hydrogens (tertiary/aromatic N) is 1. The van der Waals surface area contributed by atoms with Gasteiger partial charge in [-0.05, 0) is 43.7 Å². The molecule has 0 saturated carbocycles. The highest BCUT2D eigenvalue weighted by Gasteiger charge is 2.34. The summed E-state index contributed by atoms with van der Waals surface area (Å²) in [6, 6.07) is 3.96. The predicted molar refractivity (Wildman–Crippen MR) is 81.0 cm³/mol. The van der Waals surface area contributed by atoms with Crippen LogP contribution in [-0.2, 0) is 16.2 Å². The number of aromatic nitrogens is 1. The molecule has 124 valence electrons. The van der Waals surface area contributed by atoms with Gasteiger partial charge in [-0.1, -0.05) is 11.6 Å². The molecule has 23 heavy (non-hydrogen) atoms. The SMILES string of the molecule is Cc1cnc(C)c(NS(=O)(=O)c2ccc(Cl)c(C(F)(F)F)c2)c1. The summed E-state index contributed by atoms with van der Waals surface area (Å²) in [4.78, 5) is 3.47. The topological polar surface area (TPSA) is 59.1 Å². The van der Waals surface area contributed by atoms with E-state index in [2.05, 4.69) is 9.71 Å². The van der Waals surface area contributed by atoms with Crippen LogP contribution < -0.4 is 4.72 Å². The molecule has 0 fully saturated rings. The molecule has 0 bridgehead atoms.